The van der Waals surface area contributed by atoms with Gasteiger partial charge in [0.2, 0.25) is 0 Å². The van der Waals surface area contributed by atoms with Crippen LogP contribution in [0.1, 0.15) is 32.3 Å². The lowest BCUT2D eigenvalue weighted by Crippen LogP contribution is -2.35. The van der Waals surface area contributed by atoms with Gasteiger partial charge in [-0.1, -0.05) is 12.1 Å². The van der Waals surface area contributed by atoms with Crippen molar-refractivity contribution in [2.24, 2.45) is 5.92 Å². The molecule has 24 heavy (non-hydrogen) atoms. The van der Waals surface area contributed by atoms with Gasteiger partial charge >= 0.3 is 6.09 Å². The zero-order valence-electron chi connectivity index (χ0n) is 14.7. The zero-order valence-corrected chi connectivity index (χ0v) is 14.7. The standard InChI is InChI=1S/C18H25NO5/c1-18(2,3)24-17(21)19-9-14(11-23-12-20)16(10-19)13-5-7-15(22-4)8-6-13/h5-8,12,14,16H,9-11H2,1-4H3/t14?,16-/m0/s1. The fourth-order valence-electron chi connectivity index (χ4n) is 2.91. The smallest absolute Gasteiger partial charge is 0.410 e. The van der Waals surface area contributed by atoms with Gasteiger partial charge in [-0.05, 0) is 38.5 Å². The number of carbonyl (C=O) groups is 2. The highest BCUT2D eigenvalue weighted by atomic mass is 16.6. The summed E-state index contributed by atoms with van der Waals surface area (Å²) in [5.74, 6) is 0.904. The van der Waals surface area contributed by atoms with Crippen molar-refractivity contribution in [3.63, 3.8) is 0 Å². The molecule has 0 aliphatic carbocycles. The predicted octanol–water partition coefficient (Wildman–Crippen LogP) is 2.82. The molecular weight excluding hydrogens is 310 g/mol. The molecule has 1 fully saturated rings. The van der Waals surface area contributed by atoms with Crippen molar-refractivity contribution in [2.45, 2.75) is 32.3 Å². The monoisotopic (exact) mass is 335 g/mol. The van der Waals surface area contributed by atoms with Gasteiger partial charge in [0.1, 0.15) is 11.4 Å². The molecule has 1 aromatic carbocycles. The topological polar surface area (TPSA) is 65.1 Å². The molecule has 6 nitrogen and oxygen atoms in total. The molecule has 1 heterocycles. The second kappa shape index (κ2) is 7.55. The van der Waals surface area contributed by atoms with Crippen molar-refractivity contribution in [2.75, 3.05) is 26.8 Å². The van der Waals surface area contributed by atoms with Crippen molar-refractivity contribution in [3.8, 4) is 5.75 Å². The number of likely N-dealkylation sites (tertiary alicyclic amines) is 1. The van der Waals surface area contributed by atoms with Crippen molar-refractivity contribution >= 4 is 12.6 Å². The highest BCUT2D eigenvalue weighted by molar-refractivity contribution is 5.68. The summed E-state index contributed by atoms with van der Waals surface area (Å²) in [7, 11) is 1.62. The van der Waals surface area contributed by atoms with Crippen molar-refractivity contribution in [1.82, 2.24) is 4.90 Å². The molecule has 0 saturated carbocycles. The van der Waals surface area contributed by atoms with Gasteiger partial charge in [0.15, 0.2) is 0 Å². The molecule has 1 aromatic rings. The maximum atomic E-state index is 12.3. The minimum absolute atomic E-state index is 0.0381. The molecule has 0 aromatic heterocycles. The van der Waals surface area contributed by atoms with Crippen molar-refractivity contribution < 1.29 is 23.8 Å². The third-order valence-corrected chi connectivity index (χ3v) is 4.02. The van der Waals surface area contributed by atoms with Crippen LogP contribution in [-0.4, -0.2) is 49.9 Å². The molecule has 0 radical (unpaired) electrons. The minimum Gasteiger partial charge on any atom is -0.497 e. The maximum absolute atomic E-state index is 12.3. The number of methoxy groups -OCH3 is 1. The summed E-state index contributed by atoms with van der Waals surface area (Å²) in [6.07, 6.45) is -0.338. The number of carbonyl (C=O) groups excluding carboxylic acids is 2. The lowest BCUT2D eigenvalue weighted by atomic mass is 9.89. The first-order chi connectivity index (χ1) is 11.3. The number of hydrogen-bond acceptors (Lipinski definition) is 5. The van der Waals surface area contributed by atoms with Crippen LogP contribution in [0.2, 0.25) is 0 Å². The van der Waals surface area contributed by atoms with Gasteiger partial charge in [0, 0.05) is 24.9 Å². The van der Waals surface area contributed by atoms with Crippen LogP contribution in [0.25, 0.3) is 0 Å². The number of rotatable bonds is 5. The number of ether oxygens (including phenoxy) is 3. The van der Waals surface area contributed by atoms with Crippen LogP contribution in [0.5, 0.6) is 5.75 Å². The quantitative estimate of drug-likeness (QED) is 0.774. The fourth-order valence-corrected chi connectivity index (χ4v) is 2.91. The van der Waals surface area contributed by atoms with Crippen LogP contribution in [0.4, 0.5) is 4.79 Å². The largest absolute Gasteiger partial charge is 0.497 e. The van der Waals surface area contributed by atoms with E-state index in [1.54, 1.807) is 12.0 Å². The second-order valence-electron chi connectivity index (χ2n) is 6.95. The van der Waals surface area contributed by atoms with Crippen LogP contribution < -0.4 is 4.74 Å². The Kier molecular flexibility index (Phi) is 5.70. The first kappa shape index (κ1) is 18.1. The summed E-state index contributed by atoms with van der Waals surface area (Å²) in [6.45, 7) is 7.28. The van der Waals surface area contributed by atoms with Crippen LogP contribution in [0, 0.1) is 5.92 Å². The van der Waals surface area contributed by atoms with Gasteiger partial charge in [0.25, 0.3) is 6.47 Å². The van der Waals surface area contributed by atoms with Gasteiger partial charge in [0.05, 0.1) is 13.7 Å². The summed E-state index contributed by atoms with van der Waals surface area (Å²) in [6, 6.07) is 7.75. The van der Waals surface area contributed by atoms with E-state index in [0.717, 1.165) is 11.3 Å². The van der Waals surface area contributed by atoms with Crippen molar-refractivity contribution in [1.29, 1.82) is 0 Å². The summed E-state index contributed by atoms with van der Waals surface area (Å²) < 4.78 is 15.6. The Morgan fingerprint density at radius 2 is 1.92 bits per heavy atom. The molecule has 1 aliphatic heterocycles. The summed E-state index contributed by atoms with van der Waals surface area (Å²) in [5, 5.41) is 0. The number of amides is 1. The number of benzene rings is 1. The third-order valence-electron chi connectivity index (χ3n) is 4.02. The highest BCUT2D eigenvalue weighted by Crippen LogP contribution is 2.34. The van der Waals surface area contributed by atoms with E-state index in [4.69, 9.17) is 14.2 Å². The Balaban J connectivity index is 2.14. The van der Waals surface area contributed by atoms with E-state index in [-0.39, 0.29) is 24.5 Å². The third kappa shape index (κ3) is 4.63. The van der Waals surface area contributed by atoms with Crippen LogP contribution in [0.15, 0.2) is 24.3 Å². The summed E-state index contributed by atoms with van der Waals surface area (Å²) >= 11 is 0. The van der Waals surface area contributed by atoms with E-state index in [2.05, 4.69) is 0 Å². The first-order valence-electron chi connectivity index (χ1n) is 8.01. The van der Waals surface area contributed by atoms with E-state index in [1.165, 1.54) is 0 Å². The summed E-state index contributed by atoms with van der Waals surface area (Å²) in [5.41, 5.74) is 0.547. The molecule has 1 aliphatic rings. The Labute approximate surface area is 142 Å². The molecule has 0 N–H and O–H groups in total. The SMILES string of the molecule is COc1ccc([C@@H]2CN(C(=O)OC(C)(C)C)CC2COC=O)cc1. The van der Waals surface area contributed by atoms with Gasteiger partial charge in [-0.2, -0.15) is 0 Å². The van der Waals surface area contributed by atoms with Crippen LogP contribution in [-0.2, 0) is 14.3 Å². The van der Waals surface area contributed by atoms with E-state index in [1.807, 2.05) is 45.0 Å². The Morgan fingerprint density at radius 3 is 2.46 bits per heavy atom. The molecule has 2 rings (SSSR count). The molecule has 0 bridgehead atoms. The molecule has 132 valence electrons. The van der Waals surface area contributed by atoms with E-state index in [0.29, 0.717) is 19.6 Å². The van der Waals surface area contributed by atoms with Gasteiger partial charge in [-0.15, -0.1) is 0 Å². The van der Waals surface area contributed by atoms with Gasteiger partial charge < -0.3 is 19.1 Å². The number of hydrogen-bond donors (Lipinski definition) is 0. The highest BCUT2D eigenvalue weighted by Gasteiger charge is 2.38. The van der Waals surface area contributed by atoms with Crippen LogP contribution >= 0.6 is 0 Å². The second-order valence-corrected chi connectivity index (χ2v) is 6.95. The van der Waals surface area contributed by atoms with Gasteiger partial charge in [-0.3, -0.25) is 4.79 Å². The molecule has 1 amide bonds. The molecule has 1 unspecified atom stereocenters. The fraction of sp³-hybridized carbons (Fsp3) is 0.556. The Hall–Kier alpha value is -2.24. The van der Waals surface area contributed by atoms with E-state index >= 15 is 0 Å². The Bertz CT molecular complexity index is 564. The average molecular weight is 335 g/mol. The normalized spacial score (nSPS) is 20.6. The maximum Gasteiger partial charge on any atom is 0.410 e. The minimum atomic E-state index is -0.538. The van der Waals surface area contributed by atoms with E-state index < -0.39 is 5.60 Å². The molecule has 6 heteroatoms. The molecule has 0 spiro atoms. The Morgan fingerprint density at radius 1 is 1.25 bits per heavy atom. The first-order valence-corrected chi connectivity index (χ1v) is 8.01. The summed E-state index contributed by atoms with van der Waals surface area (Å²) in [4.78, 5) is 24.6. The molecule has 1 saturated heterocycles. The molecule has 2 atom stereocenters. The zero-order chi connectivity index (χ0) is 17.7. The average Bonchev–Trinajstić information content (AvgIpc) is 2.95. The van der Waals surface area contributed by atoms with Crippen LogP contribution in [0.3, 0.4) is 0 Å². The van der Waals surface area contributed by atoms with Crippen molar-refractivity contribution in [3.05, 3.63) is 29.8 Å². The van der Waals surface area contributed by atoms with E-state index in [9.17, 15) is 9.59 Å². The molecular formula is C18H25NO5. The van der Waals surface area contributed by atoms with Gasteiger partial charge in [-0.25, -0.2) is 4.79 Å². The predicted molar refractivity (Wildman–Crippen MR) is 89.0 cm³/mol. The lowest BCUT2D eigenvalue weighted by Gasteiger charge is -2.24. The lowest BCUT2D eigenvalue weighted by molar-refractivity contribution is -0.129. The number of nitrogens with zero attached hydrogens (tertiary/aromatic N) is 1.